The van der Waals surface area contributed by atoms with Crippen LogP contribution in [-0.4, -0.2) is 22.9 Å². The van der Waals surface area contributed by atoms with Crippen LogP contribution in [0.15, 0.2) is 24.5 Å². The molecule has 0 aromatic carbocycles. The Kier molecular flexibility index (Phi) is 3.43. The summed E-state index contributed by atoms with van der Waals surface area (Å²) in [5.74, 6) is 0. The van der Waals surface area contributed by atoms with E-state index >= 15 is 0 Å². The minimum Gasteiger partial charge on any atom is -0.364 e. The number of rotatable bonds is 3. The first-order valence-electron chi connectivity index (χ1n) is 3.75. The highest BCUT2D eigenvalue weighted by Crippen LogP contribution is 2.19. The summed E-state index contributed by atoms with van der Waals surface area (Å²) in [6.45, 7) is -1.48. The van der Waals surface area contributed by atoms with Crippen LogP contribution >= 0.6 is 0 Å². The maximum absolute atomic E-state index is 11.7. The Morgan fingerprint density at radius 2 is 1.93 bits per heavy atom. The summed E-state index contributed by atoms with van der Waals surface area (Å²) in [7, 11) is 0. The van der Waals surface area contributed by atoms with E-state index < -0.39 is 19.1 Å². The van der Waals surface area contributed by atoms with E-state index in [0.717, 1.165) is 0 Å². The smallest absolute Gasteiger partial charge is 0.364 e. The van der Waals surface area contributed by atoms with Crippen molar-refractivity contribution in [1.29, 1.82) is 0 Å². The molecule has 0 aliphatic heterocycles. The van der Waals surface area contributed by atoms with Gasteiger partial charge in [-0.25, -0.2) is 0 Å². The van der Waals surface area contributed by atoms with Gasteiger partial charge in [-0.15, -0.1) is 0 Å². The molecular formula is C8H8F3NO2. The van der Waals surface area contributed by atoms with Crippen molar-refractivity contribution in [2.75, 3.05) is 6.61 Å². The van der Waals surface area contributed by atoms with Crippen molar-refractivity contribution in [3.63, 3.8) is 0 Å². The van der Waals surface area contributed by atoms with Crippen molar-refractivity contribution in [3.8, 4) is 0 Å². The van der Waals surface area contributed by atoms with Gasteiger partial charge in [0.1, 0.15) is 6.61 Å². The van der Waals surface area contributed by atoms with Gasteiger partial charge in [-0.2, -0.15) is 13.2 Å². The highest BCUT2D eigenvalue weighted by molar-refractivity contribution is 5.10. The summed E-state index contributed by atoms with van der Waals surface area (Å²) >= 11 is 0. The van der Waals surface area contributed by atoms with Crippen LogP contribution in [0.4, 0.5) is 13.2 Å². The van der Waals surface area contributed by atoms with Crippen LogP contribution in [-0.2, 0) is 4.74 Å². The van der Waals surface area contributed by atoms with Crippen molar-refractivity contribution < 1.29 is 23.0 Å². The number of halogens is 3. The highest BCUT2D eigenvalue weighted by atomic mass is 19.4. The van der Waals surface area contributed by atoms with Gasteiger partial charge in [0.2, 0.25) is 0 Å². The average molecular weight is 207 g/mol. The third kappa shape index (κ3) is 3.71. The zero-order valence-corrected chi connectivity index (χ0v) is 7.03. The third-order valence-corrected chi connectivity index (χ3v) is 1.40. The predicted octanol–water partition coefficient (Wildman–Crippen LogP) is 1.65. The van der Waals surface area contributed by atoms with Crippen molar-refractivity contribution in [1.82, 2.24) is 4.98 Å². The molecule has 0 radical (unpaired) electrons. The molecule has 0 aliphatic carbocycles. The van der Waals surface area contributed by atoms with E-state index in [1.54, 1.807) is 0 Å². The SMILES string of the molecule is OC(OCC(F)(F)F)c1ccncc1. The molecule has 1 rings (SSSR count). The van der Waals surface area contributed by atoms with Gasteiger partial charge in [0, 0.05) is 18.0 Å². The van der Waals surface area contributed by atoms with E-state index in [4.69, 9.17) is 5.11 Å². The number of pyridine rings is 1. The predicted molar refractivity (Wildman–Crippen MR) is 41.2 cm³/mol. The summed E-state index contributed by atoms with van der Waals surface area (Å²) in [5.41, 5.74) is 0.240. The van der Waals surface area contributed by atoms with Crippen molar-refractivity contribution in [2.45, 2.75) is 12.5 Å². The lowest BCUT2D eigenvalue weighted by Gasteiger charge is -2.13. The fourth-order valence-corrected chi connectivity index (χ4v) is 0.798. The van der Waals surface area contributed by atoms with E-state index in [1.807, 2.05) is 0 Å². The van der Waals surface area contributed by atoms with Crippen LogP contribution in [0.2, 0.25) is 0 Å². The Morgan fingerprint density at radius 3 is 2.43 bits per heavy atom. The largest absolute Gasteiger partial charge is 0.411 e. The molecule has 0 bridgehead atoms. The molecule has 1 N–H and O–H groups in total. The standard InChI is InChI=1S/C8H8F3NO2/c9-8(10,11)5-14-7(13)6-1-3-12-4-2-6/h1-4,7,13H,5H2. The van der Waals surface area contributed by atoms with Gasteiger partial charge < -0.3 is 9.84 Å². The van der Waals surface area contributed by atoms with Gasteiger partial charge in [0.05, 0.1) is 0 Å². The maximum atomic E-state index is 11.7. The molecule has 0 amide bonds. The summed E-state index contributed by atoms with van der Waals surface area (Å²) < 4.78 is 39.2. The van der Waals surface area contributed by atoms with Gasteiger partial charge in [0.15, 0.2) is 6.29 Å². The van der Waals surface area contributed by atoms with Crippen LogP contribution in [0.5, 0.6) is 0 Å². The molecule has 1 aromatic heterocycles. The lowest BCUT2D eigenvalue weighted by Crippen LogP contribution is -2.19. The van der Waals surface area contributed by atoms with E-state index in [0.29, 0.717) is 0 Å². The number of aromatic nitrogens is 1. The molecule has 1 aromatic rings. The lowest BCUT2D eigenvalue weighted by atomic mass is 10.3. The van der Waals surface area contributed by atoms with Crippen LogP contribution < -0.4 is 0 Å². The molecule has 0 spiro atoms. The van der Waals surface area contributed by atoms with Gasteiger partial charge in [0.25, 0.3) is 0 Å². The molecule has 0 saturated carbocycles. The molecule has 78 valence electrons. The summed E-state index contributed by atoms with van der Waals surface area (Å²) in [6, 6.07) is 2.75. The zero-order valence-electron chi connectivity index (χ0n) is 7.03. The molecule has 1 heterocycles. The number of alkyl halides is 3. The first-order chi connectivity index (χ1) is 6.49. The van der Waals surface area contributed by atoms with Crippen LogP contribution in [0, 0.1) is 0 Å². The van der Waals surface area contributed by atoms with E-state index in [2.05, 4.69) is 9.72 Å². The monoisotopic (exact) mass is 207 g/mol. The van der Waals surface area contributed by atoms with Gasteiger partial charge in [-0.3, -0.25) is 4.98 Å². The number of aliphatic hydroxyl groups excluding tert-OH is 1. The molecule has 0 saturated heterocycles. The molecule has 0 fully saturated rings. The second-order valence-electron chi connectivity index (χ2n) is 2.56. The normalized spacial score (nSPS) is 14.0. The van der Waals surface area contributed by atoms with Gasteiger partial charge in [-0.05, 0) is 12.1 Å². The zero-order chi connectivity index (χ0) is 10.6. The van der Waals surface area contributed by atoms with Crippen LogP contribution in [0.3, 0.4) is 0 Å². The first kappa shape index (κ1) is 10.9. The van der Waals surface area contributed by atoms with Crippen molar-refractivity contribution in [3.05, 3.63) is 30.1 Å². The third-order valence-electron chi connectivity index (χ3n) is 1.40. The Morgan fingerprint density at radius 1 is 1.36 bits per heavy atom. The Bertz CT molecular complexity index is 276. The maximum Gasteiger partial charge on any atom is 0.411 e. The van der Waals surface area contributed by atoms with Crippen molar-refractivity contribution >= 4 is 0 Å². The number of aliphatic hydroxyl groups is 1. The lowest BCUT2D eigenvalue weighted by molar-refractivity contribution is -0.218. The topological polar surface area (TPSA) is 42.4 Å². The number of ether oxygens (including phenoxy) is 1. The quantitative estimate of drug-likeness (QED) is 0.766. The van der Waals surface area contributed by atoms with Crippen LogP contribution in [0.1, 0.15) is 11.9 Å². The fraction of sp³-hybridized carbons (Fsp3) is 0.375. The van der Waals surface area contributed by atoms with E-state index in [-0.39, 0.29) is 5.56 Å². The molecule has 6 heteroatoms. The second kappa shape index (κ2) is 4.39. The molecular weight excluding hydrogens is 199 g/mol. The molecule has 1 unspecified atom stereocenters. The number of nitrogens with zero attached hydrogens (tertiary/aromatic N) is 1. The van der Waals surface area contributed by atoms with Gasteiger partial charge in [-0.1, -0.05) is 0 Å². The number of hydrogen-bond donors (Lipinski definition) is 1. The fourth-order valence-electron chi connectivity index (χ4n) is 0.798. The van der Waals surface area contributed by atoms with Crippen LogP contribution in [0.25, 0.3) is 0 Å². The minimum absolute atomic E-state index is 0.240. The van der Waals surface area contributed by atoms with E-state index in [1.165, 1.54) is 24.5 Å². The number of hydrogen-bond acceptors (Lipinski definition) is 3. The second-order valence-corrected chi connectivity index (χ2v) is 2.56. The van der Waals surface area contributed by atoms with Crippen molar-refractivity contribution in [2.24, 2.45) is 0 Å². The average Bonchev–Trinajstić information content (AvgIpc) is 2.14. The Hall–Kier alpha value is -1.14. The minimum atomic E-state index is -4.44. The summed E-state index contributed by atoms with van der Waals surface area (Å²) in [4.78, 5) is 3.65. The summed E-state index contributed by atoms with van der Waals surface area (Å²) in [6.07, 6.45) is -3.29. The first-order valence-corrected chi connectivity index (χ1v) is 3.75. The summed E-state index contributed by atoms with van der Waals surface area (Å²) in [5, 5.41) is 9.13. The Labute approximate surface area is 78.2 Å². The van der Waals surface area contributed by atoms with Gasteiger partial charge >= 0.3 is 6.18 Å². The Balaban J connectivity index is 2.48. The molecule has 3 nitrogen and oxygen atoms in total. The molecule has 14 heavy (non-hydrogen) atoms. The molecule has 0 aliphatic rings. The highest BCUT2D eigenvalue weighted by Gasteiger charge is 2.29. The molecule has 1 atom stereocenters. The van der Waals surface area contributed by atoms with E-state index in [9.17, 15) is 13.2 Å².